The first-order chi connectivity index (χ1) is 4.90. The summed E-state index contributed by atoms with van der Waals surface area (Å²) in [5, 5.41) is 4.67. The number of sulfonamides is 1. The maximum absolute atomic E-state index is 11.8. The van der Waals surface area contributed by atoms with Gasteiger partial charge in [-0.25, -0.2) is 22.3 Å². The minimum Gasteiger partial charge on any atom is -0.229 e. The fourth-order valence-corrected chi connectivity index (χ4v) is 2.05. The zero-order valence-electron chi connectivity index (χ0n) is 5.70. The normalized spacial score (nSPS) is 30.9. The summed E-state index contributed by atoms with van der Waals surface area (Å²) in [6.07, 6.45) is -2.12. The Bertz CT molecular complexity index is 239. The Kier molecular flexibility index (Phi) is 2.15. The van der Waals surface area contributed by atoms with Gasteiger partial charge >= 0.3 is 0 Å². The third kappa shape index (κ3) is 2.70. The number of rotatable bonds is 3. The van der Waals surface area contributed by atoms with E-state index < -0.39 is 28.3 Å². The number of hydrogen-bond donors (Lipinski definition) is 1. The molecular formula is C5H9F2NO2S. The van der Waals surface area contributed by atoms with Gasteiger partial charge in [-0.1, -0.05) is 0 Å². The Labute approximate surface area is 63.6 Å². The number of nitrogens with two attached hydrogens (primary N) is 1. The second kappa shape index (κ2) is 2.67. The molecule has 2 N–H and O–H groups in total. The summed E-state index contributed by atoms with van der Waals surface area (Å²) in [5.41, 5.74) is 0. The second-order valence-corrected chi connectivity index (χ2v) is 4.48. The molecule has 0 spiro atoms. The molecular weight excluding hydrogens is 176 g/mol. The van der Waals surface area contributed by atoms with E-state index in [4.69, 9.17) is 0 Å². The molecule has 0 aromatic rings. The lowest BCUT2D eigenvalue weighted by molar-refractivity contribution is 0.117. The second-order valence-electron chi connectivity index (χ2n) is 2.82. The van der Waals surface area contributed by atoms with Crippen molar-refractivity contribution >= 4 is 10.0 Å². The molecule has 0 aliphatic heterocycles. The fraction of sp³-hybridized carbons (Fsp3) is 1.00. The van der Waals surface area contributed by atoms with Crippen LogP contribution < -0.4 is 5.14 Å². The van der Waals surface area contributed by atoms with Crippen molar-refractivity contribution in [3.8, 4) is 0 Å². The first-order valence-electron chi connectivity index (χ1n) is 3.19. The van der Waals surface area contributed by atoms with Gasteiger partial charge in [0.2, 0.25) is 16.4 Å². The highest BCUT2D eigenvalue weighted by Gasteiger charge is 2.45. The van der Waals surface area contributed by atoms with Crippen LogP contribution in [-0.2, 0) is 10.0 Å². The number of alkyl halides is 2. The molecule has 1 aliphatic rings. The molecule has 1 fully saturated rings. The molecule has 11 heavy (non-hydrogen) atoms. The fourth-order valence-electron chi connectivity index (χ4n) is 1.07. The summed E-state index contributed by atoms with van der Waals surface area (Å²) in [5.74, 6) is -1.46. The average Bonchev–Trinajstić information content (AvgIpc) is 2.40. The molecule has 0 amide bonds. The van der Waals surface area contributed by atoms with E-state index in [-0.39, 0.29) is 12.2 Å². The maximum atomic E-state index is 11.8. The van der Waals surface area contributed by atoms with E-state index in [1.807, 2.05) is 0 Å². The lowest BCUT2D eigenvalue weighted by atomic mass is 10.4. The van der Waals surface area contributed by atoms with Crippen LogP contribution in [0.1, 0.15) is 6.42 Å². The largest absolute Gasteiger partial charge is 0.241 e. The monoisotopic (exact) mass is 185 g/mol. The van der Waals surface area contributed by atoms with Gasteiger partial charge in [0.15, 0.2) is 0 Å². The summed E-state index contributed by atoms with van der Waals surface area (Å²) >= 11 is 0. The van der Waals surface area contributed by atoms with Crippen LogP contribution in [0.4, 0.5) is 8.78 Å². The predicted molar refractivity (Wildman–Crippen MR) is 35.6 cm³/mol. The van der Waals surface area contributed by atoms with Crippen molar-refractivity contribution in [3.63, 3.8) is 0 Å². The molecule has 0 aromatic carbocycles. The van der Waals surface area contributed by atoms with Gasteiger partial charge in [-0.2, -0.15) is 0 Å². The number of hydrogen-bond acceptors (Lipinski definition) is 2. The Balaban J connectivity index is 2.35. The van der Waals surface area contributed by atoms with Crippen molar-refractivity contribution in [2.45, 2.75) is 12.8 Å². The van der Waals surface area contributed by atoms with E-state index in [2.05, 4.69) is 5.14 Å². The number of primary sulfonamides is 1. The first-order valence-corrected chi connectivity index (χ1v) is 4.90. The van der Waals surface area contributed by atoms with Crippen LogP contribution in [0.2, 0.25) is 0 Å². The van der Waals surface area contributed by atoms with Crippen LogP contribution in [-0.4, -0.2) is 20.6 Å². The van der Waals surface area contributed by atoms with Gasteiger partial charge in [-0.15, -0.1) is 0 Å². The lowest BCUT2D eigenvalue weighted by Gasteiger charge is -1.95. The zero-order valence-corrected chi connectivity index (χ0v) is 6.52. The molecule has 6 heteroatoms. The molecule has 0 aromatic heterocycles. The molecule has 0 unspecified atom stereocenters. The smallest absolute Gasteiger partial charge is 0.229 e. The quantitative estimate of drug-likeness (QED) is 0.681. The van der Waals surface area contributed by atoms with Crippen molar-refractivity contribution in [3.05, 3.63) is 0 Å². The van der Waals surface area contributed by atoms with Gasteiger partial charge in [-0.05, 0) is 12.3 Å². The Morgan fingerprint density at radius 2 is 2.09 bits per heavy atom. The highest BCUT2D eigenvalue weighted by atomic mass is 32.2. The van der Waals surface area contributed by atoms with E-state index in [1.54, 1.807) is 0 Å². The van der Waals surface area contributed by atoms with Crippen molar-refractivity contribution in [2.24, 2.45) is 17.0 Å². The minimum absolute atomic E-state index is 0.286. The van der Waals surface area contributed by atoms with Gasteiger partial charge in [0, 0.05) is 5.92 Å². The summed E-state index contributed by atoms with van der Waals surface area (Å²) in [4.78, 5) is 0. The molecule has 1 rings (SSSR count). The van der Waals surface area contributed by atoms with Gasteiger partial charge < -0.3 is 0 Å². The van der Waals surface area contributed by atoms with Crippen LogP contribution in [0, 0.1) is 11.8 Å². The highest BCUT2D eigenvalue weighted by Crippen LogP contribution is 2.43. The Morgan fingerprint density at radius 3 is 2.36 bits per heavy atom. The molecule has 0 radical (unpaired) electrons. The molecule has 1 saturated carbocycles. The predicted octanol–water partition coefficient (Wildman–Crippen LogP) is 0.176. The molecule has 3 nitrogen and oxygen atoms in total. The van der Waals surface area contributed by atoms with Crippen molar-refractivity contribution in [1.29, 1.82) is 0 Å². The molecule has 1 aliphatic carbocycles. The van der Waals surface area contributed by atoms with E-state index in [9.17, 15) is 17.2 Å². The highest BCUT2D eigenvalue weighted by molar-refractivity contribution is 7.89. The Hall–Kier alpha value is -0.230. The molecule has 0 bridgehead atoms. The van der Waals surface area contributed by atoms with E-state index in [0.29, 0.717) is 0 Å². The first kappa shape index (κ1) is 8.86. The molecule has 66 valence electrons. The Morgan fingerprint density at radius 1 is 1.55 bits per heavy atom. The van der Waals surface area contributed by atoms with E-state index in [1.165, 1.54) is 0 Å². The number of halogens is 2. The van der Waals surface area contributed by atoms with Crippen molar-refractivity contribution in [2.75, 3.05) is 5.75 Å². The lowest BCUT2D eigenvalue weighted by Crippen LogP contribution is -2.18. The summed E-state index contributed by atoms with van der Waals surface area (Å²) in [6, 6.07) is 0. The summed E-state index contributed by atoms with van der Waals surface area (Å²) in [7, 11) is -3.56. The molecule has 0 saturated heterocycles. The van der Waals surface area contributed by atoms with Crippen molar-refractivity contribution in [1.82, 2.24) is 0 Å². The van der Waals surface area contributed by atoms with Crippen LogP contribution in [0.25, 0.3) is 0 Å². The molecule has 2 atom stereocenters. The van der Waals surface area contributed by atoms with Gasteiger partial charge in [0.1, 0.15) is 0 Å². The van der Waals surface area contributed by atoms with Crippen LogP contribution in [0.5, 0.6) is 0 Å². The minimum atomic E-state index is -3.56. The maximum Gasteiger partial charge on any atom is 0.241 e. The summed E-state index contributed by atoms with van der Waals surface area (Å²) < 4.78 is 44.4. The van der Waals surface area contributed by atoms with Crippen LogP contribution in [0.15, 0.2) is 0 Å². The zero-order chi connectivity index (χ0) is 8.65. The van der Waals surface area contributed by atoms with Gasteiger partial charge in [0.05, 0.1) is 5.75 Å². The SMILES string of the molecule is NS(=O)(=O)C[C@@H]1C[C@@H]1C(F)F. The van der Waals surface area contributed by atoms with Crippen molar-refractivity contribution < 1.29 is 17.2 Å². The summed E-state index contributed by atoms with van der Waals surface area (Å²) in [6.45, 7) is 0. The van der Waals surface area contributed by atoms with Crippen LogP contribution >= 0.6 is 0 Å². The third-order valence-electron chi connectivity index (χ3n) is 1.75. The molecule has 0 heterocycles. The van der Waals surface area contributed by atoms with Gasteiger partial charge in [-0.3, -0.25) is 0 Å². The van der Waals surface area contributed by atoms with E-state index >= 15 is 0 Å². The standard InChI is InChI=1S/C5H9F2NO2S/c6-5(7)4-1-3(4)2-11(8,9)10/h3-5H,1-2H2,(H2,8,9,10)/t3-,4-/m0/s1. The third-order valence-corrected chi connectivity index (χ3v) is 2.64. The topological polar surface area (TPSA) is 60.2 Å². The van der Waals surface area contributed by atoms with Crippen LogP contribution in [0.3, 0.4) is 0 Å². The van der Waals surface area contributed by atoms with Gasteiger partial charge in [0.25, 0.3) is 0 Å². The van der Waals surface area contributed by atoms with E-state index in [0.717, 1.165) is 0 Å². The average molecular weight is 185 g/mol.